The van der Waals surface area contributed by atoms with Crippen LogP contribution in [0.25, 0.3) is 0 Å². The van der Waals surface area contributed by atoms with Crippen LogP contribution in [0.1, 0.15) is 192 Å². The predicted molar refractivity (Wildman–Crippen MR) is 321 cm³/mol. The summed E-state index contributed by atoms with van der Waals surface area (Å²) in [4.78, 5) is 91.9. The number of amides is 6. The highest BCUT2D eigenvalue weighted by molar-refractivity contribution is 15.0. The fraction of sp³-hybridized carbons (Fsp3) is 0.807. The van der Waals surface area contributed by atoms with Gasteiger partial charge in [0.25, 0.3) is 0 Å². The summed E-state index contributed by atoms with van der Waals surface area (Å²) in [5, 5.41) is 19.7. The van der Waals surface area contributed by atoms with Crippen molar-refractivity contribution in [1.29, 1.82) is 0 Å². The summed E-state index contributed by atoms with van der Waals surface area (Å²) >= 11 is 4.24. The van der Waals surface area contributed by atoms with Crippen LogP contribution >= 0.6 is 37.2 Å². The Hall–Kier alpha value is -2.61. The van der Waals surface area contributed by atoms with Crippen molar-refractivity contribution in [3.63, 3.8) is 0 Å². The molecule has 0 aromatic heterocycles. The van der Waals surface area contributed by atoms with Crippen LogP contribution in [0.4, 0.5) is 0 Å². The van der Waals surface area contributed by atoms with Crippen LogP contribution in [0, 0.1) is 45.8 Å². The number of aliphatic hydroxyl groups excluding tert-OH is 1. The first-order valence-electron chi connectivity index (χ1n) is 25.9. The molecule has 0 aromatic carbocycles. The molecule has 6 amide bonds. The van der Waals surface area contributed by atoms with E-state index in [1.54, 1.807) is 46.8 Å². The third-order valence-corrected chi connectivity index (χ3v) is 12.1. The van der Waals surface area contributed by atoms with Gasteiger partial charge in [-0.3, -0.25) is 28.8 Å². The van der Waals surface area contributed by atoms with Gasteiger partial charge in [-0.05, 0) is 119 Å². The number of carbonyl (C=O) groups is 7. The number of aliphatic hydroxyl groups is 1. The highest BCUT2D eigenvalue weighted by Crippen LogP contribution is 2.29. The lowest BCUT2D eigenvalue weighted by molar-refractivity contribution is -0.150. The number of hydrogen-bond donors (Lipinski definition) is 4. The van der Waals surface area contributed by atoms with Crippen LogP contribution in [-0.4, -0.2) is 124 Å². The lowest BCUT2D eigenvalue weighted by Crippen LogP contribution is -2.59. The SMILES string of the molecule is C/C=C/C[C@@H](C)[C@@H](C)[C@@H](C(=O)NC(C)(C)C)N(C)C(=O)C(C)(C)C.C/C=C/C[C@@H](C)[C@@H](O)[C@@H](C(=O)NC(C)(C)C)N(C)C(=O)C(C)(C)C.C[C@H]([C@H](C)CC=O)[C@@H](C(=O)NC(C)(C)C)N(C)C(=O)C(C)(C)C.II. The second kappa shape index (κ2) is 33.5. The van der Waals surface area contributed by atoms with Crippen molar-refractivity contribution >= 4 is 79.0 Å². The Labute approximate surface area is 469 Å². The van der Waals surface area contributed by atoms with E-state index in [0.717, 1.165) is 12.7 Å². The number of hydrogen-bond acceptors (Lipinski definition) is 8. The van der Waals surface area contributed by atoms with Gasteiger partial charge in [0, 0.05) is 97.7 Å². The van der Waals surface area contributed by atoms with E-state index in [2.05, 4.69) is 73.1 Å². The fourth-order valence-corrected chi connectivity index (χ4v) is 7.75. The average Bonchev–Trinajstić information content (AvgIpc) is 3.21. The summed E-state index contributed by atoms with van der Waals surface area (Å²) in [5.41, 5.74) is -2.85. The lowest BCUT2D eigenvalue weighted by atomic mass is 9.83. The first kappa shape index (κ1) is 76.9. The standard InChI is InChI=1S/C20H38N2O2.C19H36N2O3.C18H34N2O3.I2/c1-11-12-13-14(2)15(3)16(17(23)21-20(7,8)9)22(10)18(24)19(4,5)6;1-10-11-12-13(2)15(22)14(16(23)20-19(6,7)8)21(9)17(24)18(3,4)5;1-12(10-11-21)13(2)14(15(22)19-18(6,7)8)20(9)16(23)17(3,4)5;1-2/h11-12,14-16H,13H2,1-10H3,(H,21,23);10-11,13-15,22H,12H2,1-9H3,(H,20,23);11-14H,10H2,1-9H3,(H,19,22);/b12-11+;11-10+;;/t14-,15-,16+;13-,14+,15-;12-,13-,14+;/m111./s1. The highest BCUT2D eigenvalue weighted by Gasteiger charge is 2.42. The van der Waals surface area contributed by atoms with Gasteiger partial charge in [-0.2, -0.15) is 0 Å². The molecule has 0 rings (SSSR count). The maximum Gasteiger partial charge on any atom is 0.245 e. The van der Waals surface area contributed by atoms with E-state index in [9.17, 15) is 38.7 Å². The van der Waals surface area contributed by atoms with Gasteiger partial charge in [0.05, 0.1) is 6.10 Å². The van der Waals surface area contributed by atoms with Crippen LogP contribution in [0.5, 0.6) is 0 Å². The Kier molecular flexibility index (Phi) is 35.3. The normalized spacial score (nSPS) is 16.1. The van der Waals surface area contributed by atoms with Gasteiger partial charge in [-0.1, -0.05) is 121 Å². The van der Waals surface area contributed by atoms with Crippen molar-refractivity contribution < 1.29 is 38.7 Å². The summed E-state index contributed by atoms with van der Waals surface area (Å²) in [7, 11) is 5.01. The van der Waals surface area contributed by atoms with Gasteiger partial charge < -0.3 is 40.6 Å². The van der Waals surface area contributed by atoms with Crippen LogP contribution in [-0.2, 0) is 33.6 Å². The molecule has 0 saturated heterocycles. The molecule has 0 aliphatic heterocycles. The van der Waals surface area contributed by atoms with Crippen molar-refractivity contribution in [1.82, 2.24) is 30.7 Å². The lowest BCUT2D eigenvalue weighted by Gasteiger charge is -2.39. The minimum absolute atomic E-state index is 0.0124. The predicted octanol–water partition coefficient (Wildman–Crippen LogP) is 11.2. The number of nitrogens with one attached hydrogen (secondary N) is 3. The van der Waals surface area contributed by atoms with Gasteiger partial charge in [0.2, 0.25) is 35.4 Å². The zero-order valence-electron chi connectivity index (χ0n) is 51.1. The summed E-state index contributed by atoms with van der Waals surface area (Å²) < 4.78 is 0. The molecule has 0 fully saturated rings. The minimum Gasteiger partial charge on any atom is -0.390 e. The monoisotopic (exact) mass is 1260 g/mol. The van der Waals surface area contributed by atoms with Gasteiger partial charge in [-0.25, -0.2) is 0 Å². The van der Waals surface area contributed by atoms with Gasteiger partial charge in [0.15, 0.2) is 0 Å². The summed E-state index contributed by atoms with van der Waals surface area (Å²) in [6.45, 7) is 47.7. The van der Waals surface area contributed by atoms with Gasteiger partial charge >= 0.3 is 0 Å². The fourth-order valence-electron chi connectivity index (χ4n) is 7.75. The second-order valence-electron chi connectivity index (χ2n) is 26.2. The smallest absolute Gasteiger partial charge is 0.245 e. The van der Waals surface area contributed by atoms with E-state index in [4.69, 9.17) is 0 Å². The van der Waals surface area contributed by atoms with Crippen LogP contribution < -0.4 is 16.0 Å². The van der Waals surface area contributed by atoms with Gasteiger partial charge in [0.1, 0.15) is 24.4 Å². The van der Waals surface area contributed by atoms with Crippen LogP contribution in [0.3, 0.4) is 0 Å². The first-order valence-corrected chi connectivity index (χ1v) is 32.2. The summed E-state index contributed by atoms with van der Waals surface area (Å²) in [6, 6.07) is -2.00. The number of likely N-dealkylation sites (N-methyl/N-ethyl adjacent to an activating group) is 3. The van der Waals surface area contributed by atoms with E-state index >= 15 is 0 Å². The largest absolute Gasteiger partial charge is 0.390 e. The molecular formula is C57H108I2N6O8. The zero-order chi connectivity index (χ0) is 59.2. The molecule has 0 aliphatic rings. The quantitative estimate of drug-likeness (QED) is 0.0593. The number of nitrogens with zero attached hydrogens (tertiary/aromatic N) is 3. The molecule has 4 N–H and O–H groups in total. The number of allylic oxidation sites excluding steroid dienone is 4. The zero-order valence-corrected chi connectivity index (χ0v) is 55.4. The molecule has 0 saturated carbocycles. The van der Waals surface area contributed by atoms with Crippen molar-refractivity contribution in [3.8, 4) is 0 Å². The van der Waals surface area contributed by atoms with Crippen LogP contribution in [0.15, 0.2) is 24.3 Å². The molecule has 0 heterocycles. The molecule has 0 bridgehead atoms. The van der Waals surface area contributed by atoms with E-state index in [0.29, 0.717) is 18.8 Å². The molecule has 14 nitrogen and oxygen atoms in total. The second-order valence-corrected chi connectivity index (χ2v) is 26.2. The van der Waals surface area contributed by atoms with Crippen molar-refractivity contribution in [2.75, 3.05) is 21.1 Å². The maximum absolute atomic E-state index is 12.9. The molecule has 16 heteroatoms. The molecular weight excluding hydrogens is 1150 g/mol. The Balaban J connectivity index is -0.000000481. The highest BCUT2D eigenvalue weighted by atomic mass is 128. The first-order chi connectivity index (χ1) is 32.7. The molecule has 0 aromatic rings. The van der Waals surface area contributed by atoms with Crippen LogP contribution in [0.2, 0.25) is 0 Å². The minimum atomic E-state index is -0.945. The van der Waals surface area contributed by atoms with E-state index < -0.39 is 46.0 Å². The molecule has 73 heavy (non-hydrogen) atoms. The van der Waals surface area contributed by atoms with Crippen molar-refractivity contribution in [2.45, 2.75) is 233 Å². The Morgan fingerprint density at radius 2 is 0.685 bits per heavy atom. The Bertz CT molecular complexity index is 1680. The molecule has 428 valence electrons. The number of aldehydes is 1. The third kappa shape index (κ3) is 30.7. The maximum atomic E-state index is 12.9. The Morgan fingerprint density at radius 1 is 0.452 bits per heavy atom. The van der Waals surface area contributed by atoms with E-state index in [1.165, 1.54) is 9.80 Å². The molecule has 0 spiro atoms. The van der Waals surface area contributed by atoms with E-state index in [1.807, 2.05) is 157 Å². The number of rotatable bonds is 18. The van der Waals surface area contributed by atoms with Crippen molar-refractivity contribution in [2.24, 2.45) is 45.8 Å². The Morgan fingerprint density at radius 3 is 0.918 bits per heavy atom. The molecule has 0 unspecified atom stereocenters. The summed E-state index contributed by atoms with van der Waals surface area (Å²) in [6.07, 6.45) is 9.85. The summed E-state index contributed by atoms with van der Waals surface area (Å²) in [5.74, 6) is -0.767. The number of carbonyl (C=O) groups excluding carboxylic acids is 7. The molecule has 9 atom stereocenters. The molecule has 0 radical (unpaired) electrons. The molecule has 0 aliphatic carbocycles. The average molecular weight is 1260 g/mol. The van der Waals surface area contributed by atoms with Gasteiger partial charge in [-0.15, -0.1) is 0 Å². The number of halogens is 2. The van der Waals surface area contributed by atoms with E-state index in [-0.39, 0.29) is 70.2 Å². The topological polar surface area (TPSA) is 186 Å². The van der Waals surface area contributed by atoms with Crippen molar-refractivity contribution in [3.05, 3.63) is 24.3 Å². The third-order valence-electron chi connectivity index (χ3n) is 12.1.